The molecule has 230 valence electrons. The van der Waals surface area contributed by atoms with E-state index in [1.165, 1.54) is 29.1 Å². The number of carbonyl (C=O) groups is 1. The second-order valence-electron chi connectivity index (χ2n) is 10.0. The molecule has 0 aliphatic carbocycles. The fourth-order valence-electron chi connectivity index (χ4n) is 5.37. The summed E-state index contributed by atoms with van der Waals surface area (Å²) in [5.41, 5.74) is 4.23. The van der Waals surface area contributed by atoms with E-state index in [0.29, 0.717) is 48.9 Å². The highest BCUT2D eigenvalue weighted by molar-refractivity contribution is 9.10. The molecule has 8 nitrogen and oxygen atoms in total. The summed E-state index contributed by atoms with van der Waals surface area (Å²) in [6.07, 6.45) is 1.81. The van der Waals surface area contributed by atoms with Gasteiger partial charge in [-0.1, -0.05) is 38.9 Å². The number of rotatable bonds is 8. The zero-order valence-corrected chi connectivity index (χ0v) is 28.1. The predicted octanol–water partition coefficient (Wildman–Crippen LogP) is 6.17. The van der Waals surface area contributed by atoms with Crippen LogP contribution in [0.5, 0.6) is 11.5 Å². The minimum absolute atomic E-state index is 0.0229. The smallest absolute Gasteiger partial charge is 0.338 e. The van der Waals surface area contributed by atoms with E-state index in [1.54, 1.807) is 38.1 Å². The van der Waals surface area contributed by atoms with Gasteiger partial charge in [-0.15, -0.1) is 0 Å². The summed E-state index contributed by atoms with van der Waals surface area (Å²) in [5, 5.41) is 0.0229. The minimum atomic E-state index is -0.847. The molecule has 0 spiro atoms. The molecule has 0 N–H and O–H groups in total. The molecule has 2 aromatic heterocycles. The lowest BCUT2D eigenvalue weighted by molar-refractivity contribution is -0.139. The largest absolute Gasteiger partial charge is 0.493 e. The first-order valence-corrected chi connectivity index (χ1v) is 15.8. The molecule has 2 aromatic carbocycles. The van der Waals surface area contributed by atoms with Crippen LogP contribution in [0.15, 0.2) is 61.9 Å². The van der Waals surface area contributed by atoms with Crippen molar-refractivity contribution in [3.8, 4) is 17.2 Å². The van der Waals surface area contributed by atoms with E-state index in [-0.39, 0.29) is 22.8 Å². The van der Waals surface area contributed by atoms with Gasteiger partial charge in [-0.3, -0.25) is 9.36 Å². The Hall–Kier alpha value is -3.67. The number of allylic oxidation sites excluding steroid dienone is 1. The summed E-state index contributed by atoms with van der Waals surface area (Å²) in [6, 6.07) is 9.18. The molecule has 1 aliphatic rings. The van der Waals surface area contributed by atoms with E-state index in [0.717, 1.165) is 17.0 Å². The molecule has 12 heteroatoms. The standard InChI is InChI=1S/C32H30BrClFN3O5S/c1-7-42-26-15-22(33)21(14-25(26)41-6)29-28(31(40)43-8-2)17(4)36-32-38(29)30(39)27(44-32)12-19-11-16(3)37(18(19)5)20-9-10-24(35)23(34)13-20/h9-15,29H,7-8H2,1-6H3/b27-12+/t29-/m1/s1. The molecule has 5 rings (SSSR count). The van der Waals surface area contributed by atoms with Gasteiger partial charge in [0.25, 0.3) is 5.56 Å². The Balaban J connectivity index is 1.72. The molecule has 44 heavy (non-hydrogen) atoms. The van der Waals surface area contributed by atoms with E-state index < -0.39 is 17.8 Å². The van der Waals surface area contributed by atoms with E-state index in [4.69, 9.17) is 25.8 Å². The van der Waals surface area contributed by atoms with Crippen LogP contribution in [-0.4, -0.2) is 35.4 Å². The summed E-state index contributed by atoms with van der Waals surface area (Å²) in [7, 11) is 1.53. The Bertz CT molecular complexity index is 2010. The fourth-order valence-corrected chi connectivity index (χ4v) is 7.12. The van der Waals surface area contributed by atoms with Gasteiger partial charge >= 0.3 is 5.97 Å². The normalized spacial score (nSPS) is 14.8. The summed E-state index contributed by atoms with van der Waals surface area (Å²) < 4.78 is 35.1. The molecular formula is C32H30BrClFN3O5S. The second kappa shape index (κ2) is 12.7. The highest BCUT2D eigenvalue weighted by Gasteiger charge is 2.35. The van der Waals surface area contributed by atoms with Crippen LogP contribution in [0.4, 0.5) is 4.39 Å². The number of hydrogen-bond donors (Lipinski definition) is 0. The van der Waals surface area contributed by atoms with Gasteiger partial charge in [-0.2, -0.15) is 0 Å². The van der Waals surface area contributed by atoms with Gasteiger partial charge in [0.1, 0.15) is 5.82 Å². The van der Waals surface area contributed by atoms with Crippen molar-refractivity contribution in [2.75, 3.05) is 20.3 Å². The maximum atomic E-state index is 14.2. The topological polar surface area (TPSA) is 84.1 Å². The Kier molecular flexibility index (Phi) is 9.20. The lowest BCUT2D eigenvalue weighted by atomic mass is 9.95. The van der Waals surface area contributed by atoms with Crippen LogP contribution in [0.1, 0.15) is 49.3 Å². The van der Waals surface area contributed by atoms with Gasteiger partial charge in [0, 0.05) is 21.5 Å². The Morgan fingerprint density at radius 2 is 1.89 bits per heavy atom. The van der Waals surface area contributed by atoms with Crippen molar-refractivity contribution in [2.45, 2.75) is 40.7 Å². The summed E-state index contributed by atoms with van der Waals surface area (Å²) in [4.78, 5) is 32.7. The van der Waals surface area contributed by atoms with Crippen LogP contribution < -0.4 is 24.4 Å². The Morgan fingerprint density at radius 3 is 2.55 bits per heavy atom. The number of esters is 1. The fraction of sp³-hybridized carbons (Fsp3) is 0.281. The van der Waals surface area contributed by atoms with Crippen molar-refractivity contribution in [3.63, 3.8) is 0 Å². The predicted molar refractivity (Wildman–Crippen MR) is 172 cm³/mol. The first-order valence-electron chi connectivity index (χ1n) is 13.8. The molecule has 0 fully saturated rings. The lowest BCUT2D eigenvalue weighted by Crippen LogP contribution is -2.40. The van der Waals surface area contributed by atoms with E-state index in [9.17, 15) is 14.0 Å². The zero-order chi connectivity index (χ0) is 31.9. The molecular weight excluding hydrogens is 673 g/mol. The van der Waals surface area contributed by atoms with Crippen LogP contribution in [0.2, 0.25) is 5.02 Å². The monoisotopic (exact) mass is 701 g/mol. The number of aryl methyl sites for hydroxylation is 1. The van der Waals surface area contributed by atoms with E-state index >= 15 is 0 Å². The SMILES string of the molecule is CCOC(=O)C1=C(C)N=c2s/c(=C/c3cc(C)n(-c4ccc(F)c(Cl)c4)c3C)c(=O)n2[C@@H]1c1cc(OC)c(OCC)cc1Br. The van der Waals surface area contributed by atoms with Gasteiger partial charge < -0.3 is 18.8 Å². The molecule has 4 aromatic rings. The molecule has 0 saturated heterocycles. The third kappa shape index (κ3) is 5.64. The average Bonchev–Trinajstić information content (AvgIpc) is 3.43. The molecule has 0 bridgehead atoms. The number of aromatic nitrogens is 2. The van der Waals surface area contributed by atoms with Gasteiger partial charge in [0.2, 0.25) is 0 Å². The quantitative estimate of drug-likeness (QED) is 0.205. The summed E-state index contributed by atoms with van der Waals surface area (Å²) >= 11 is 10.9. The van der Waals surface area contributed by atoms with Gasteiger partial charge in [0.05, 0.1) is 47.2 Å². The summed E-state index contributed by atoms with van der Waals surface area (Å²) in [5.74, 6) is -0.0788. The number of methoxy groups -OCH3 is 1. The van der Waals surface area contributed by atoms with Crippen LogP contribution in [0.25, 0.3) is 11.8 Å². The third-order valence-electron chi connectivity index (χ3n) is 7.31. The van der Waals surface area contributed by atoms with Gasteiger partial charge in [-0.05, 0) is 88.2 Å². The molecule has 0 unspecified atom stereocenters. The number of fused-ring (bicyclic) bond motifs is 1. The van der Waals surface area contributed by atoms with Crippen LogP contribution in [0, 0.1) is 19.7 Å². The molecule has 0 radical (unpaired) electrons. The second-order valence-corrected chi connectivity index (χ2v) is 12.3. The molecule has 1 aliphatic heterocycles. The maximum Gasteiger partial charge on any atom is 0.338 e. The third-order valence-corrected chi connectivity index (χ3v) is 9.27. The van der Waals surface area contributed by atoms with E-state index in [1.807, 2.05) is 37.5 Å². The van der Waals surface area contributed by atoms with Gasteiger partial charge in [0.15, 0.2) is 16.3 Å². The highest BCUT2D eigenvalue weighted by atomic mass is 79.9. The van der Waals surface area contributed by atoms with Crippen LogP contribution >= 0.6 is 38.9 Å². The first-order chi connectivity index (χ1) is 21.0. The van der Waals surface area contributed by atoms with Crippen molar-refractivity contribution in [2.24, 2.45) is 4.99 Å². The number of halogens is 3. The zero-order valence-electron chi connectivity index (χ0n) is 25.0. The molecule has 1 atom stereocenters. The number of carbonyl (C=O) groups excluding carboxylic acids is 1. The minimum Gasteiger partial charge on any atom is -0.493 e. The Labute approximate surface area is 270 Å². The number of benzene rings is 2. The average molecular weight is 703 g/mol. The van der Waals surface area contributed by atoms with Crippen molar-refractivity contribution < 1.29 is 23.4 Å². The number of nitrogens with zero attached hydrogens (tertiary/aromatic N) is 3. The van der Waals surface area contributed by atoms with Crippen molar-refractivity contribution >= 4 is 50.9 Å². The van der Waals surface area contributed by atoms with E-state index in [2.05, 4.69) is 20.9 Å². The van der Waals surface area contributed by atoms with Crippen LogP contribution in [-0.2, 0) is 9.53 Å². The molecule has 0 amide bonds. The summed E-state index contributed by atoms with van der Waals surface area (Å²) in [6.45, 7) is 9.77. The Morgan fingerprint density at radius 1 is 1.14 bits per heavy atom. The van der Waals surface area contributed by atoms with Crippen molar-refractivity contribution in [1.82, 2.24) is 9.13 Å². The first kappa shape index (κ1) is 31.7. The number of thiazole rings is 1. The van der Waals surface area contributed by atoms with Gasteiger partial charge in [-0.25, -0.2) is 14.2 Å². The van der Waals surface area contributed by atoms with Crippen molar-refractivity contribution in [1.29, 1.82) is 0 Å². The number of hydrogen-bond acceptors (Lipinski definition) is 7. The molecule has 3 heterocycles. The lowest BCUT2D eigenvalue weighted by Gasteiger charge is -2.26. The van der Waals surface area contributed by atoms with Crippen molar-refractivity contribution in [3.05, 3.63) is 105 Å². The number of ether oxygens (including phenoxy) is 3. The highest BCUT2D eigenvalue weighted by Crippen LogP contribution is 2.41. The molecule has 0 saturated carbocycles. The maximum absolute atomic E-state index is 14.2. The van der Waals surface area contributed by atoms with Crippen LogP contribution in [0.3, 0.4) is 0 Å².